The maximum atomic E-state index is 13.7. The summed E-state index contributed by atoms with van der Waals surface area (Å²) in [6.45, 7) is 7.04. The summed E-state index contributed by atoms with van der Waals surface area (Å²) in [6, 6.07) is 7.69. The Hall–Kier alpha value is -2.13. The fourth-order valence-corrected chi connectivity index (χ4v) is 4.72. The molecular formula is C24H35FN4O. The van der Waals surface area contributed by atoms with Crippen molar-refractivity contribution in [3.05, 3.63) is 29.6 Å². The lowest BCUT2D eigenvalue weighted by Crippen LogP contribution is -2.47. The largest absolute Gasteiger partial charge is 0.369 e. The first-order valence-electron chi connectivity index (χ1n) is 11.4. The first-order valence-corrected chi connectivity index (χ1v) is 11.4. The van der Waals surface area contributed by atoms with Crippen LogP contribution in [0.15, 0.2) is 18.2 Å². The second-order valence-corrected chi connectivity index (χ2v) is 8.90. The summed E-state index contributed by atoms with van der Waals surface area (Å²) in [4.78, 5) is 16.7. The number of hydrogen-bond acceptors (Lipinski definition) is 4. The lowest BCUT2D eigenvalue weighted by atomic mass is 9.84. The molecule has 164 valence electrons. The monoisotopic (exact) mass is 414 g/mol. The Balaban J connectivity index is 1.31. The van der Waals surface area contributed by atoms with Gasteiger partial charge in [0, 0.05) is 50.7 Å². The second-order valence-electron chi connectivity index (χ2n) is 8.90. The fourth-order valence-electron chi connectivity index (χ4n) is 4.72. The van der Waals surface area contributed by atoms with Gasteiger partial charge in [-0.25, -0.2) is 4.39 Å². The van der Waals surface area contributed by atoms with Gasteiger partial charge in [-0.3, -0.25) is 9.69 Å². The number of anilines is 1. The van der Waals surface area contributed by atoms with E-state index in [1.165, 1.54) is 19.3 Å². The first kappa shape index (κ1) is 22.6. The molecule has 1 N–H and O–H groups in total. The van der Waals surface area contributed by atoms with E-state index in [9.17, 15) is 9.18 Å². The van der Waals surface area contributed by atoms with Crippen LogP contribution in [-0.4, -0.2) is 49.6 Å². The van der Waals surface area contributed by atoms with Gasteiger partial charge in [0.2, 0.25) is 5.91 Å². The molecule has 5 nitrogen and oxygen atoms in total. The van der Waals surface area contributed by atoms with Crippen molar-refractivity contribution in [2.24, 2.45) is 5.92 Å². The Morgan fingerprint density at radius 3 is 2.57 bits per heavy atom. The van der Waals surface area contributed by atoms with Crippen LogP contribution in [0.5, 0.6) is 0 Å². The second kappa shape index (κ2) is 11.3. The predicted molar refractivity (Wildman–Crippen MR) is 118 cm³/mol. The van der Waals surface area contributed by atoms with E-state index in [2.05, 4.69) is 27.3 Å². The van der Waals surface area contributed by atoms with Crippen molar-refractivity contribution in [1.29, 1.82) is 5.26 Å². The summed E-state index contributed by atoms with van der Waals surface area (Å²) in [6.07, 6.45) is 7.32. The first-order chi connectivity index (χ1) is 14.5. The molecule has 1 amide bonds. The van der Waals surface area contributed by atoms with Crippen LogP contribution in [0.25, 0.3) is 0 Å². The minimum Gasteiger partial charge on any atom is -0.369 e. The number of benzene rings is 1. The Morgan fingerprint density at radius 2 is 1.90 bits per heavy atom. The van der Waals surface area contributed by atoms with Crippen LogP contribution in [0.4, 0.5) is 10.1 Å². The van der Waals surface area contributed by atoms with Gasteiger partial charge >= 0.3 is 0 Å². The lowest BCUT2D eigenvalue weighted by Gasteiger charge is -2.37. The van der Waals surface area contributed by atoms with Crippen LogP contribution < -0.4 is 10.2 Å². The van der Waals surface area contributed by atoms with E-state index in [1.807, 2.05) is 6.92 Å². The van der Waals surface area contributed by atoms with Crippen LogP contribution in [-0.2, 0) is 4.79 Å². The van der Waals surface area contributed by atoms with Crippen molar-refractivity contribution < 1.29 is 9.18 Å². The van der Waals surface area contributed by atoms with E-state index in [0.717, 1.165) is 62.7 Å². The third-order valence-electron chi connectivity index (χ3n) is 6.52. The van der Waals surface area contributed by atoms with Crippen molar-refractivity contribution in [1.82, 2.24) is 10.2 Å². The van der Waals surface area contributed by atoms with Gasteiger partial charge in [0.25, 0.3) is 0 Å². The van der Waals surface area contributed by atoms with Crippen LogP contribution in [0.3, 0.4) is 0 Å². The molecule has 1 saturated heterocycles. The van der Waals surface area contributed by atoms with Crippen molar-refractivity contribution >= 4 is 11.6 Å². The van der Waals surface area contributed by atoms with Crippen molar-refractivity contribution in [2.45, 2.75) is 64.3 Å². The molecule has 1 aliphatic heterocycles. The minimum absolute atomic E-state index is 0.0973. The van der Waals surface area contributed by atoms with Crippen molar-refractivity contribution in [3.63, 3.8) is 0 Å². The van der Waals surface area contributed by atoms with Gasteiger partial charge in [0.15, 0.2) is 0 Å². The molecule has 2 aliphatic rings. The molecule has 0 spiro atoms. The van der Waals surface area contributed by atoms with Gasteiger partial charge < -0.3 is 10.2 Å². The van der Waals surface area contributed by atoms with E-state index < -0.39 is 0 Å². The number of nitrogens with one attached hydrogen (secondary N) is 1. The number of amides is 1. The van der Waals surface area contributed by atoms with Crippen LogP contribution in [0.2, 0.25) is 0 Å². The molecule has 1 aromatic carbocycles. The summed E-state index contributed by atoms with van der Waals surface area (Å²) >= 11 is 0. The zero-order valence-corrected chi connectivity index (χ0v) is 18.2. The molecule has 0 bridgehead atoms. The molecule has 1 heterocycles. The standard InChI is InChI=1S/C24H35FN4O/c1-19-16-21(25)18-23(17-19)29-14-12-28(13-15-29)11-9-20-5-7-22(8-6-20)27-24(30)4-2-3-10-26/h16-18,20,22H,2-9,11-15H2,1H3,(H,27,30)/t20-,22-. The van der Waals surface area contributed by atoms with E-state index in [1.54, 1.807) is 12.1 Å². The van der Waals surface area contributed by atoms with E-state index >= 15 is 0 Å². The number of carbonyl (C=O) groups excluding carboxylic acids is 1. The quantitative estimate of drug-likeness (QED) is 0.653. The maximum absolute atomic E-state index is 13.7. The molecule has 1 aromatic rings. The molecule has 0 radical (unpaired) electrons. The Labute approximate surface area is 180 Å². The van der Waals surface area contributed by atoms with Gasteiger partial charge in [-0.15, -0.1) is 0 Å². The lowest BCUT2D eigenvalue weighted by molar-refractivity contribution is -0.122. The molecule has 0 unspecified atom stereocenters. The normalized spacial score (nSPS) is 22.5. The molecule has 1 saturated carbocycles. The molecular weight excluding hydrogens is 379 g/mol. The molecule has 0 atom stereocenters. The smallest absolute Gasteiger partial charge is 0.220 e. The average Bonchev–Trinajstić information content (AvgIpc) is 2.73. The SMILES string of the molecule is Cc1cc(F)cc(N2CCN(CC[C@H]3CC[C@H](NC(=O)CCCC#N)CC3)CC2)c1. The van der Waals surface area contributed by atoms with Gasteiger partial charge in [-0.05, 0) is 81.7 Å². The summed E-state index contributed by atoms with van der Waals surface area (Å²) < 4.78 is 13.7. The van der Waals surface area contributed by atoms with E-state index in [0.29, 0.717) is 25.3 Å². The molecule has 6 heteroatoms. The van der Waals surface area contributed by atoms with Gasteiger partial charge in [0.1, 0.15) is 5.82 Å². The maximum Gasteiger partial charge on any atom is 0.220 e. The Bertz CT molecular complexity index is 711. The molecule has 2 fully saturated rings. The fraction of sp³-hybridized carbons (Fsp3) is 0.667. The summed E-state index contributed by atoms with van der Waals surface area (Å²) in [5.41, 5.74) is 1.97. The summed E-state index contributed by atoms with van der Waals surface area (Å²) in [5.74, 6) is 0.696. The minimum atomic E-state index is -0.151. The highest BCUT2D eigenvalue weighted by Gasteiger charge is 2.24. The number of halogens is 1. The number of carbonyl (C=O) groups is 1. The van der Waals surface area contributed by atoms with Gasteiger partial charge in [-0.1, -0.05) is 0 Å². The van der Waals surface area contributed by atoms with Crippen molar-refractivity contribution in [2.75, 3.05) is 37.6 Å². The molecule has 1 aliphatic carbocycles. The van der Waals surface area contributed by atoms with Crippen LogP contribution in [0.1, 0.15) is 56.9 Å². The van der Waals surface area contributed by atoms with E-state index in [-0.39, 0.29) is 11.7 Å². The van der Waals surface area contributed by atoms with Crippen molar-refractivity contribution in [3.8, 4) is 6.07 Å². The summed E-state index contributed by atoms with van der Waals surface area (Å²) in [7, 11) is 0. The Morgan fingerprint density at radius 1 is 1.17 bits per heavy atom. The molecule has 3 rings (SSSR count). The molecule has 0 aromatic heterocycles. The number of nitriles is 1. The number of aryl methyl sites for hydroxylation is 1. The van der Waals surface area contributed by atoms with Gasteiger partial charge in [0.05, 0.1) is 6.07 Å². The number of hydrogen-bond donors (Lipinski definition) is 1. The number of piperazine rings is 1. The third kappa shape index (κ3) is 6.98. The number of nitrogens with zero attached hydrogens (tertiary/aromatic N) is 3. The number of unbranched alkanes of at least 4 members (excludes halogenated alkanes) is 1. The zero-order valence-electron chi connectivity index (χ0n) is 18.2. The van der Waals surface area contributed by atoms with Crippen LogP contribution in [0, 0.1) is 30.0 Å². The molecule has 30 heavy (non-hydrogen) atoms. The predicted octanol–water partition coefficient (Wildman–Crippen LogP) is 4.02. The Kier molecular flexibility index (Phi) is 8.50. The topological polar surface area (TPSA) is 59.4 Å². The third-order valence-corrected chi connectivity index (χ3v) is 6.52. The van der Waals surface area contributed by atoms with Gasteiger partial charge in [-0.2, -0.15) is 5.26 Å². The zero-order chi connectivity index (χ0) is 21.3. The summed E-state index contributed by atoms with van der Waals surface area (Å²) in [5, 5.41) is 11.7. The highest BCUT2D eigenvalue weighted by atomic mass is 19.1. The number of rotatable bonds is 8. The highest BCUT2D eigenvalue weighted by Crippen LogP contribution is 2.27. The highest BCUT2D eigenvalue weighted by molar-refractivity contribution is 5.76. The van der Waals surface area contributed by atoms with E-state index in [4.69, 9.17) is 5.26 Å². The average molecular weight is 415 g/mol. The van der Waals surface area contributed by atoms with Crippen LogP contribution >= 0.6 is 0 Å².